The fourth-order valence-electron chi connectivity index (χ4n) is 3.31. The molecule has 1 aliphatic rings. The van der Waals surface area contributed by atoms with Crippen LogP contribution < -0.4 is 5.32 Å². The molecule has 10 heteroatoms. The van der Waals surface area contributed by atoms with Crippen molar-refractivity contribution in [1.82, 2.24) is 25.1 Å². The third-order valence-electron chi connectivity index (χ3n) is 4.87. The lowest BCUT2D eigenvalue weighted by Gasteiger charge is -2.11. The minimum absolute atomic E-state index is 0.0362. The first kappa shape index (κ1) is 18.4. The molecule has 3 heterocycles. The topological polar surface area (TPSA) is 123 Å². The van der Waals surface area contributed by atoms with Gasteiger partial charge in [-0.25, -0.2) is 4.68 Å². The minimum atomic E-state index is -0.461. The molecule has 0 aliphatic carbocycles. The molecule has 5 rings (SSSR count). The summed E-state index contributed by atoms with van der Waals surface area (Å²) in [7, 11) is 0. The molecule has 1 aliphatic heterocycles. The molecule has 10 nitrogen and oxygen atoms in total. The molecule has 0 radical (unpaired) electrons. The van der Waals surface area contributed by atoms with E-state index in [0.717, 1.165) is 10.6 Å². The van der Waals surface area contributed by atoms with Gasteiger partial charge in [-0.2, -0.15) is 0 Å². The number of fused-ring (bicyclic) bond motifs is 1. The Bertz CT molecular complexity index is 1280. The van der Waals surface area contributed by atoms with Gasteiger partial charge in [-0.15, -0.1) is 5.10 Å². The summed E-state index contributed by atoms with van der Waals surface area (Å²) in [6.07, 6.45) is 2.94. The summed E-state index contributed by atoms with van der Waals surface area (Å²) >= 11 is 0. The van der Waals surface area contributed by atoms with Gasteiger partial charge in [0.1, 0.15) is 12.1 Å². The Hall–Kier alpha value is -4.60. The van der Waals surface area contributed by atoms with Crippen molar-refractivity contribution in [3.8, 4) is 5.69 Å². The summed E-state index contributed by atoms with van der Waals surface area (Å²) in [6, 6.07) is 14.7. The maximum Gasteiger partial charge on any atom is 0.261 e. The summed E-state index contributed by atoms with van der Waals surface area (Å²) in [5.74, 6) is -0.779. The van der Waals surface area contributed by atoms with Crippen LogP contribution in [0.1, 0.15) is 36.8 Å². The van der Waals surface area contributed by atoms with Gasteiger partial charge in [0.2, 0.25) is 0 Å². The van der Waals surface area contributed by atoms with Gasteiger partial charge in [0, 0.05) is 11.3 Å². The molecule has 0 bridgehead atoms. The Morgan fingerprint density at radius 2 is 1.81 bits per heavy atom. The zero-order chi connectivity index (χ0) is 21.4. The molecule has 0 fully saturated rings. The number of rotatable bonds is 5. The van der Waals surface area contributed by atoms with Crippen molar-refractivity contribution < 1.29 is 18.8 Å². The zero-order valence-corrected chi connectivity index (χ0v) is 15.9. The fraction of sp³-hybridized carbons (Fsp3) is 0.0476. The number of hydrogen-bond donors (Lipinski definition) is 1. The number of hydrogen-bond acceptors (Lipinski definition) is 7. The number of tetrazole rings is 1. The first-order chi connectivity index (χ1) is 15.1. The van der Waals surface area contributed by atoms with Crippen LogP contribution in [0.2, 0.25) is 0 Å². The van der Waals surface area contributed by atoms with Gasteiger partial charge in [0.15, 0.2) is 0 Å². The van der Waals surface area contributed by atoms with E-state index in [4.69, 9.17) is 4.42 Å². The Morgan fingerprint density at radius 1 is 1.00 bits per heavy atom. The zero-order valence-electron chi connectivity index (χ0n) is 15.9. The van der Waals surface area contributed by atoms with Crippen molar-refractivity contribution in [3.63, 3.8) is 0 Å². The number of nitrogens with one attached hydrogen (secondary N) is 1. The van der Waals surface area contributed by atoms with E-state index in [1.807, 2.05) is 0 Å². The van der Waals surface area contributed by atoms with Crippen LogP contribution in [0, 0.1) is 0 Å². The third-order valence-corrected chi connectivity index (χ3v) is 4.87. The number of imide groups is 1. The predicted molar refractivity (Wildman–Crippen MR) is 106 cm³/mol. The molecule has 3 amide bonds. The van der Waals surface area contributed by atoms with Crippen LogP contribution in [0.4, 0.5) is 5.69 Å². The molecule has 0 saturated carbocycles. The SMILES string of the molecule is O=C(Nc1ccc(-n2cnnn2)cc1)c1ccc2c(c1)C(=O)N(Cc1ccco1)C2=O. The molecule has 1 N–H and O–H groups in total. The molecule has 2 aromatic heterocycles. The molecule has 152 valence electrons. The second-order valence-electron chi connectivity index (χ2n) is 6.79. The van der Waals surface area contributed by atoms with Gasteiger partial charge >= 0.3 is 0 Å². The first-order valence-corrected chi connectivity index (χ1v) is 9.27. The minimum Gasteiger partial charge on any atom is -0.467 e. The molecule has 0 saturated heterocycles. The van der Waals surface area contributed by atoms with Crippen LogP contribution in [0.5, 0.6) is 0 Å². The lowest BCUT2D eigenvalue weighted by Crippen LogP contribution is -2.28. The summed E-state index contributed by atoms with van der Waals surface area (Å²) in [4.78, 5) is 39.1. The van der Waals surface area contributed by atoms with E-state index < -0.39 is 17.7 Å². The maximum atomic E-state index is 12.7. The number of benzene rings is 2. The highest BCUT2D eigenvalue weighted by molar-refractivity contribution is 6.22. The monoisotopic (exact) mass is 414 g/mol. The van der Waals surface area contributed by atoms with Gasteiger partial charge in [0.05, 0.1) is 29.6 Å². The van der Waals surface area contributed by atoms with Crippen molar-refractivity contribution in [3.05, 3.63) is 89.6 Å². The molecule has 0 spiro atoms. The van der Waals surface area contributed by atoms with Crippen LogP contribution >= 0.6 is 0 Å². The summed E-state index contributed by atoms with van der Waals surface area (Å²) in [5.41, 5.74) is 2.02. The Labute approximate surface area is 175 Å². The van der Waals surface area contributed by atoms with E-state index >= 15 is 0 Å². The Balaban J connectivity index is 1.33. The van der Waals surface area contributed by atoms with Gasteiger partial charge in [-0.1, -0.05) is 0 Å². The number of nitrogens with zero attached hydrogens (tertiary/aromatic N) is 5. The van der Waals surface area contributed by atoms with E-state index in [-0.39, 0.29) is 23.2 Å². The molecular weight excluding hydrogens is 400 g/mol. The summed E-state index contributed by atoms with van der Waals surface area (Å²) < 4.78 is 6.72. The maximum absolute atomic E-state index is 12.7. The van der Waals surface area contributed by atoms with Crippen molar-refractivity contribution in [2.75, 3.05) is 5.32 Å². The van der Waals surface area contributed by atoms with E-state index in [0.29, 0.717) is 11.4 Å². The van der Waals surface area contributed by atoms with Crippen LogP contribution in [0.3, 0.4) is 0 Å². The average molecular weight is 414 g/mol. The molecule has 0 unspecified atom stereocenters. The predicted octanol–water partition coefficient (Wildman–Crippen LogP) is 2.30. The Kier molecular flexibility index (Phi) is 4.36. The number of furan rings is 1. The largest absolute Gasteiger partial charge is 0.467 e. The van der Waals surface area contributed by atoms with Crippen LogP contribution in [-0.2, 0) is 6.54 Å². The highest BCUT2D eigenvalue weighted by atomic mass is 16.3. The normalized spacial score (nSPS) is 12.8. The van der Waals surface area contributed by atoms with Crippen molar-refractivity contribution >= 4 is 23.4 Å². The van der Waals surface area contributed by atoms with E-state index in [1.54, 1.807) is 36.4 Å². The summed E-state index contributed by atoms with van der Waals surface area (Å²) in [6.45, 7) is 0.0362. The van der Waals surface area contributed by atoms with Crippen LogP contribution in [0.25, 0.3) is 5.69 Å². The van der Waals surface area contributed by atoms with Crippen molar-refractivity contribution in [1.29, 1.82) is 0 Å². The average Bonchev–Trinajstić information content (AvgIpc) is 3.54. The van der Waals surface area contributed by atoms with E-state index in [1.165, 1.54) is 35.5 Å². The number of aromatic nitrogens is 4. The number of amides is 3. The van der Waals surface area contributed by atoms with Gasteiger partial charge < -0.3 is 9.73 Å². The van der Waals surface area contributed by atoms with E-state index in [2.05, 4.69) is 20.8 Å². The highest BCUT2D eigenvalue weighted by Crippen LogP contribution is 2.26. The smallest absolute Gasteiger partial charge is 0.261 e. The highest BCUT2D eigenvalue weighted by Gasteiger charge is 2.36. The number of anilines is 1. The van der Waals surface area contributed by atoms with E-state index in [9.17, 15) is 14.4 Å². The number of carbonyl (C=O) groups is 3. The third kappa shape index (κ3) is 3.35. The standard InChI is InChI=1S/C21H14N6O4/c28-19(23-14-4-6-15(7-5-14)27-12-22-24-25-27)13-3-8-17-18(10-13)21(30)26(20(17)29)11-16-2-1-9-31-16/h1-10,12H,11H2,(H,23,28). The summed E-state index contributed by atoms with van der Waals surface area (Å²) in [5, 5.41) is 13.7. The van der Waals surface area contributed by atoms with Crippen molar-refractivity contribution in [2.45, 2.75) is 6.54 Å². The molecular formula is C21H14N6O4. The molecule has 0 atom stereocenters. The Morgan fingerprint density at radius 3 is 2.52 bits per heavy atom. The fourth-order valence-corrected chi connectivity index (χ4v) is 3.31. The molecule has 4 aromatic rings. The van der Waals surface area contributed by atoms with Gasteiger partial charge in [-0.05, 0) is 65.0 Å². The quantitative estimate of drug-likeness (QED) is 0.497. The first-order valence-electron chi connectivity index (χ1n) is 9.27. The van der Waals surface area contributed by atoms with Gasteiger partial charge in [-0.3, -0.25) is 19.3 Å². The molecule has 2 aromatic carbocycles. The lowest BCUT2D eigenvalue weighted by atomic mass is 10.1. The molecule has 31 heavy (non-hydrogen) atoms. The van der Waals surface area contributed by atoms with Gasteiger partial charge in [0.25, 0.3) is 17.7 Å². The van der Waals surface area contributed by atoms with Crippen LogP contribution in [-0.4, -0.2) is 42.8 Å². The van der Waals surface area contributed by atoms with Crippen molar-refractivity contribution in [2.24, 2.45) is 0 Å². The second kappa shape index (κ2) is 7.34. The second-order valence-corrected chi connectivity index (χ2v) is 6.79. The lowest BCUT2D eigenvalue weighted by molar-refractivity contribution is 0.0631. The van der Waals surface area contributed by atoms with Crippen LogP contribution in [0.15, 0.2) is 71.6 Å². The number of carbonyl (C=O) groups excluding carboxylic acids is 3.